The number of benzene rings is 1. The number of carbonyl (C=O) groups is 2. The smallest absolute Gasteiger partial charge is 0.309 e. The summed E-state index contributed by atoms with van der Waals surface area (Å²) < 4.78 is 5.38. The van der Waals surface area contributed by atoms with Gasteiger partial charge in [0.2, 0.25) is 0 Å². The SMILES string of the molecule is C[C@H](OC(=O)C1CCCCC1)C(=O)Nc1ccc(N2CCCCC2)cc1. The molecule has 1 aliphatic carbocycles. The molecule has 1 amide bonds. The Labute approximate surface area is 156 Å². The Hall–Kier alpha value is -2.04. The van der Waals surface area contributed by atoms with Gasteiger partial charge in [-0.25, -0.2) is 0 Å². The fourth-order valence-electron chi connectivity index (χ4n) is 3.81. The highest BCUT2D eigenvalue weighted by Gasteiger charge is 2.26. The maximum atomic E-state index is 12.3. The standard InChI is InChI=1S/C21H30N2O3/c1-16(26-21(25)17-8-4-2-5-9-17)20(24)22-18-10-12-19(13-11-18)23-14-6-3-7-15-23/h10-13,16-17H,2-9,14-15H2,1H3,(H,22,24)/t16-/m0/s1. The molecule has 142 valence electrons. The molecule has 0 bridgehead atoms. The molecule has 0 unspecified atom stereocenters. The van der Waals surface area contributed by atoms with E-state index in [1.807, 2.05) is 24.3 Å². The zero-order valence-corrected chi connectivity index (χ0v) is 15.7. The number of hydrogen-bond donors (Lipinski definition) is 1. The zero-order chi connectivity index (χ0) is 18.4. The Kier molecular flexibility index (Phi) is 6.53. The highest BCUT2D eigenvalue weighted by molar-refractivity contribution is 5.95. The van der Waals surface area contributed by atoms with Crippen LogP contribution in [-0.4, -0.2) is 31.1 Å². The van der Waals surface area contributed by atoms with Crippen LogP contribution in [0.2, 0.25) is 0 Å². The number of esters is 1. The van der Waals surface area contributed by atoms with Crippen molar-refractivity contribution in [2.75, 3.05) is 23.3 Å². The Bertz CT molecular complexity index is 602. The van der Waals surface area contributed by atoms with Crippen LogP contribution in [0.15, 0.2) is 24.3 Å². The van der Waals surface area contributed by atoms with Crippen molar-refractivity contribution in [1.29, 1.82) is 0 Å². The van der Waals surface area contributed by atoms with Crippen molar-refractivity contribution >= 4 is 23.3 Å². The number of ether oxygens (including phenoxy) is 1. The van der Waals surface area contributed by atoms with E-state index in [9.17, 15) is 9.59 Å². The molecular formula is C21H30N2O3. The van der Waals surface area contributed by atoms with Crippen LogP contribution in [0.3, 0.4) is 0 Å². The van der Waals surface area contributed by atoms with Crippen molar-refractivity contribution in [1.82, 2.24) is 0 Å². The molecule has 5 heteroatoms. The molecule has 1 heterocycles. The summed E-state index contributed by atoms with van der Waals surface area (Å²) in [6.45, 7) is 3.83. The van der Waals surface area contributed by atoms with Gasteiger partial charge >= 0.3 is 5.97 Å². The Morgan fingerprint density at radius 2 is 1.62 bits per heavy atom. The number of nitrogens with one attached hydrogen (secondary N) is 1. The van der Waals surface area contributed by atoms with Crippen LogP contribution in [0.5, 0.6) is 0 Å². The molecule has 1 aromatic carbocycles. The van der Waals surface area contributed by atoms with E-state index in [4.69, 9.17) is 4.74 Å². The molecule has 0 aromatic heterocycles. The van der Waals surface area contributed by atoms with Gasteiger partial charge in [-0.2, -0.15) is 0 Å². The summed E-state index contributed by atoms with van der Waals surface area (Å²) in [6.07, 6.45) is 8.11. The first-order chi connectivity index (χ1) is 12.6. The second kappa shape index (κ2) is 9.06. The first kappa shape index (κ1) is 18.7. The van der Waals surface area contributed by atoms with Crippen LogP contribution in [0, 0.1) is 5.92 Å². The van der Waals surface area contributed by atoms with E-state index in [0.717, 1.165) is 44.5 Å². The number of rotatable bonds is 5. The van der Waals surface area contributed by atoms with Gasteiger partial charge < -0.3 is 15.0 Å². The Balaban J connectivity index is 1.49. The lowest BCUT2D eigenvalue weighted by Gasteiger charge is -2.28. The lowest BCUT2D eigenvalue weighted by atomic mass is 9.89. The molecule has 5 nitrogen and oxygen atoms in total. The zero-order valence-electron chi connectivity index (χ0n) is 15.7. The van der Waals surface area contributed by atoms with Gasteiger partial charge in [-0.1, -0.05) is 19.3 Å². The molecule has 0 spiro atoms. The molecule has 1 saturated carbocycles. The normalized spacial score (nSPS) is 19.7. The Morgan fingerprint density at radius 1 is 1.00 bits per heavy atom. The molecule has 1 saturated heterocycles. The fourth-order valence-corrected chi connectivity index (χ4v) is 3.81. The molecule has 2 aliphatic rings. The summed E-state index contributed by atoms with van der Waals surface area (Å²) >= 11 is 0. The van der Waals surface area contributed by atoms with Crippen LogP contribution in [0.25, 0.3) is 0 Å². The minimum absolute atomic E-state index is 0.0390. The summed E-state index contributed by atoms with van der Waals surface area (Å²) in [4.78, 5) is 26.9. The average molecular weight is 358 g/mol. The second-order valence-corrected chi connectivity index (χ2v) is 7.50. The lowest BCUT2D eigenvalue weighted by Crippen LogP contribution is -2.33. The fraction of sp³-hybridized carbons (Fsp3) is 0.619. The van der Waals surface area contributed by atoms with Crippen molar-refractivity contribution in [3.8, 4) is 0 Å². The van der Waals surface area contributed by atoms with Crippen molar-refractivity contribution in [3.05, 3.63) is 24.3 Å². The predicted octanol–water partition coefficient (Wildman–Crippen LogP) is 4.13. The van der Waals surface area contributed by atoms with E-state index in [2.05, 4.69) is 10.2 Å². The third-order valence-corrected chi connectivity index (χ3v) is 5.46. The van der Waals surface area contributed by atoms with Gasteiger partial charge in [-0.05, 0) is 63.3 Å². The number of nitrogens with zero attached hydrogens (tertiary/aromatic N) is 1. The van der Waals surface area contributed by atoms with Crippen molar-refractivity contribution < 1.29 is 14.3 Å². The van der Waals surface area contributed by atoms with E-state index < -0.39 is 6.10 Å². The van der Waals surface area contributed by atoms with E-state index >= 15 is 0 Å². The minimum atomic E-state index is -0.772. The summed E-state index contributed by atoms with van der Waals surface area (Å²) in [5.41, 5.74) is 1.93. The van der Waals surface area contributed by atoms with Gasteiger partial charge in [0, 0.05) is 24.5 Å². The Morgan fingerprint density at radius 3 is 2.27 bits per heavy atom. The molecule has 1 N–H and O–H groups in total. The van der Waals surface area contributed by atoms with Gasteiger partial charge in [0.05, 0.1) is 5.92 Å². The third-order valence-electron chi connectivity index (χ3n) is 5.46. The van der Waals surface area contributed by atoms with Crippen LogP contribution in [-0.2, 0) is 14.3 Å². The predicted molar refractivity (Wildman–Crippen MR) is 103 cm³/mol. The quantitative estimate of drug-likeness (QED) is 0.804. The molecule has 26 heavy (non-hydrogen) atoms. The number of carbonyl (C=O) groups excluding carboxylic acids is 2. The minimum Gasteiger partial charge on any atom is -0.452 e. The molecule has 1 atom stereocenters. The lowest BCUT2D eigenvalue weighted by molar-refractivity contribution is -0.158. The summed E-state index contributed by atoms with van der Waals surface area (Å²) in [5.74, 6) is -0.546. The molecule has 1 aromatic rings. The second-order valence-electron chi connectivity index (χ2n) is 7.50. The largest absolute Gasteiger partial charge is 0.452 e. The van der Waals surface area contributed by atoms with Crippen LogP contribution < -0.4 is 10.2 Å². The van der Waals surface area contributed by atoms with Crippen molar-refractivity contribution in [2.45, 2.75) is 64.4 Å². The third kappa shape index (κ3) is 4.99. The number of anilines is 2. The first-order valence-electron chi connectivity index (χ1n) is 10.00. The molecular weight excluding hydrogens is 328 g/mol. The number of amides is 1. The first-order valence-corrected chi connectivity index (χ1v) is 10.00. The van der Waals surface area contributed by atoms with E-state index in [-0.39, 0.29) is 17.8 Å². The van der Waals surface area contributed by atoms with Crippen LogP contribution >= 0.6 is 0 Å². The molecule has 3 rings (SSSR count). The number of hydrogen-bond acceptors (Lipinski definition) is 4. The summed E-state index contributed by atoms with van der Waals surface area (Å²) in [5, 5.41) is 2.85. The monoisotopic (exact) mass is 358 g/mol. The van der Waals surface area contributed by atoms with Gasteiger partial charge in [0.1, 0.15) is 0 Å². The molecule has 1 aliphatic heterocycles. The van der Waals surface area contributed by atoms with Crippen molar-refractivity contribution in [3.63, 3.8) is 0 Å². The maximum Gasteiger partial charge on any atom is 0.309 e. The van der Waals surface area contributed by atoms with Gasteiger partial charge in [0.15, 0.2) is 6.10 Å². The molecule has 2 fully saturated rings. The molecule has 0 radical (unpaired) electrons. The van der Waals surface area contributed by atoms with E-state index in [0.29, 0.717) is 0 Å². The highest BCUT2D eigenvalue weighted by Crippen LogP contribution is 2.25. The average Bonchev–Trinajstić information content (AvgIpc) is 2.70. The summed E-state index contributed by atoms with van der Waals surface area (Å²) in [6, 6.07) is 7.91. The van der Waals surface area contributed by atoms with Crippen LogP contribution in [0.1, 0.15) is 58.3 Å². The van der Waals surface area contributed by atoms with Gasteiger partial charge in [0.25, 0.3) is 5.91 Å². The topological polar surface area (TPSA) is 58.6 Å². The number of piperidine rings is 1. The summed E-state index contributed by atoms with van der Waals surface area (Å²) in [7, 11) is 0. The van der Waals surface area contributed by atoms with Gasteiger partial charge in [-0.15, -0.1) is 0 Å². The highest BCUT2D eigenvalue weighted by atomic mass is 16.5. The van der Waals surface area contributed by atoms with Crippen LogP contribution in [0.4, 0.5) is 11.4 Å². The van der Waals surface area contributed by atoms with E-state index in [1.54, 1.807) is 6.92 Å². The van der Waals surface area contributed by atoms with Gasteiger partial charge in [-0.3, -0.25) is 9.59 Å². The van der Waals surface area contributed by atoms with E-state index in [1.165, 1.54) is 31.4 Å². The maximum absolute atomic E-state index is 12.3. The van der Waals surface area contributed by atoms with Crippen molar-refractivity contribution in [2.24, 2.45) is 5.92 Å².